The third-order valence-corrected chi connectivity index (χ3v) is 1.91. The van der Waals surface area contributed by atoms with Crippen molar-refractivity contribution in [3.8, 4) is 11.5 Å². The zero-order valence-electron chi connectivity index (χ0n) is 7.47. The molecule has 0 saturated heterocycles. The van der Waals surface area contributed by atoms with E-state index in [0.29, 0.717) is 5.88 Å². The highest BCUT2D eigenvalue weighted by atomic mass is 35.5. The van der Waals surface area contributed by atoms with Gasteiger partial charge in [0, 0.05) is 5.88 Å². The van der Waals surface area contributed by atoms with Crippen LogP contribution in [0.2, 0.25) is 0 Å². The fourth-order valence-electron chi connectivity index (χ4n) is 0.988. The quantitative estimate of drug-likeness (QED) is 0.729. The molecule has 1 rings (SSSR count). The van der Waals surface area contributed by atoms with Crippen LogP contribution in [0.15, 0.2) is 18.2 Å². The van der Waals surface area contributed by atoms with E-state index in [0.717, 1.165) is 5.56 Å². The summed E-state index contributed by atoms with van der Waals surface area (Å²) in [6, 6.07) is 4.57. The van der Waals surface area contributed by atoms with E-state index in [1.807, 2.05) is 0 Å². The summed E-state index contributed by atoms with van der Waals surface area (Å²) in [6.45, 7) is -2.86. The normalized spacial score (nSPS) is 10.4. The summed E-state index contributed by atoms with van der Waals surface area (Å²) >= 11 is 5.57. The molecule has 0 radical (unpaired) electrons. The van der Waals surface area contributed by atoms with Gasteiger partial charge in [0.25, 0.3) is 0 Å². The molecule has 5 heteroatoms. The third kappa shape index (κ3) is 2.73. The molecule has 0 amide bonds. The van der Waals surface area contributed by atoms with Crippen molar-refractivity contribution in [2.75, 3.05) is 7.11 Å². The molecule has 0 atom stereocenters. The molecule has 0 N–H and O–H groups in total. The van der Waals surface area contributed by atoms with Crippen molar-refractivity contribution in [3.63, 3.8) is 0 Å². The van der Waals surface area contributed by atoms with E-state index in [4.69, 9.17) is 16.3 Å². The van der Waals surface area contributed by atoms with Gasteiger partial charge in [-0.05, 0) is 17.7 Å². The lowest BCUT2D eigenvalue weighted by atomic mass is 10.2. The largest absolute Gasteiger partial charge is 0.493 e. The molecule has 0 fully saturated rings. The van der Waals surface area contributed by atoms with Crippen LogP contribution in [0, 0.1) is 0 Å². The van der Waals surface area contributed by atoms with Crippen molar-refractivity contribution >= 4 is 11.6 Å². The summed E-state index contributed by atoms with van der Waals surface area (Å²) in [7, 11) is 1.38. The third-order valence-electron chi connectivity index (χ3n) is 1.60. The second-order valence-corrected chi connectivity index (χ2v) is 2.76. The van der Waals surface area contributed by atoms with Gasteiger partial charge in [-0.2, -0.15) is 8.78 Å². The molecule has 0 aliphatic carbocycles. The van der Waals surface area contributed by atoms with Gasteiger partial charge in [-0.3, -0.25) is 0 Å². The van der Waals surface area contributed by atoms with E-state index in [1.54, 1.807) is 12.1 Å². The Morgan fingerprint density at radius 3 is 2.57 bits per heavy atom. The van der Waals surface area contributed by atoms with Crippen molar-refractivity contribution in [2.24, 2.45) is 0 Å². The lowest BCUT2D eigenvalue weighted by molar-refractivity contribution is -0.0512. The summed E-state index contributed by atoms with van der Waals surface area (Å²) in [5.74, 6) is 0.561. The Balaban J connectivity index is 2.93. The number of hydrogen-bond donors (Lipinski definition) is 0. The zero-order chi connectivity index (χ0) is 10.6. The zero-order valence-corrected chi connectivity index (χ0v) is 8.22. The molecule has 14 heavy (non-hydrogen) atoms. The Labute approximate surface area is 85.4 Å². The topological polar surface area (TPSA) is 18.5 Å². The van der Waals surface area contributed by atoms with Crippen LogP contribution in [0.5, 0.6) is 11.5 Å². The number of rotatable bonds is 4. The number of hydrogen-bond acceptors (Lipinski definition) is 2. The van der Waals surface area contributed by atoms with Crippen molar-refractivity contribution in [3.05, 3.63) is 23.8 Å². The summed E-state index contributed by atoms with van der Waals surface area (Å²) in [5.41, 5.74) is 0.783. The average molecular weight is 223 g/mol. The molecule has 0 heterocycles. The highest BCUT2D eigenvalue weighted by Gasteiger charge is 2.10. The van der Waals surface area contributed by atoms with E-state index in [-0.39, 0.29) is 11.5 Å². The molecule has 0 bridgehead atoms. The Bertz CT molecular complexity index is 305. The van der Waals surface area contributed by atoms with Gasteiger partial charge in [-0.15, -0.1) is 11.6 Å². The fourth-order valence-corrected chi connectivity index (χ4v) is 1.15. The maximum absolute atomic E-state index is 11.9. The summed E-state index contributed by atoms with van der Waals surface area (Å²) in [4.78, 5) is 0. The van der Waals surface area contributed by atoms with Crippen LogP contribution in [-0.4, -0.2) is 13.7 Å². The van der Waals surface area contributed by atoms with E-state index in [1.165, 1.54) is 13.2 Å². The van der Waals surface area contributed by atoms with E-state index < -0.39 is 6.61 Å². The molecule has 0 aliphatic heterocycles. The highest BCUT2D eigenvalue weighted by molar-refractivity contribution is 6.17. The minimum Gasteiger partial charge on any atom is -0.493 e. The van der Waals surface area contributed by atoms with Gasteiger partial charge < -0.3 is 9.47 Å². The van der Waals surface area contributed by atoms with Crippen molar-refractivity contribution in [1.29, 1.82) is 0 Å². The van der Waals surface area contributed by atoms with E-state index >= 15 is 0 Å². The minimum absolute atomic E-state index is 0.0105. The van der Waals surface area contributed by atoms with Gasteiger partial charge in [-0.25, -0.2) is 0 Å². The second-order valence-electron chi connectivity index (χ2n) is 2.50. The Hall–Kier alpha value is -1.03. The first kappa shape index (κ1) is 11.0. The van der Waals surface area contributed by atoms with Crippen molar-refractivity contribution in [2.45, 2.75) is 12.5 Å². The first-order valence-electron chi connectivity index (χ1n) is 3.85. The van der Waals surface area contributed by atoms with Crippen LogP contribution in [0.4, 0.5) is 8.78 Å². The van der Waals surface area contributed by atoms with Crippen molar-refractivity contribution in [1.82, 2.24) is 0 Å². The summed E-state index contributed by atoms with van der Waals surface area (Å²) < 4.78 is 32.9. The van der Waals surface area contributed by atoms with Crippen LogP contribution >= 0.6 is 11.6 Å². The van der Waals surface area contributed by atoms with Gasteiger partial charge >= 0.3 is 6.61 Å². The molecule has 0 aliphatic rings. The lowest BCUT2D eigenvalue weighted by Crippen LogP contribution is -2.03. The van der Waals surface area contributed by atoms with Gasteiger partial charge in [0.1, 0.15) is 0 Å². The van der Waals surface area contributed by atoms with Crippen LogP contribution in [-0.2, 0) is 5.88 Å². The Morgan fingerprint density at radius 2 is 2.07 bits per heavy atom. The predicted molar refractivity (Wildman–Crippen MR) is 49.2 cm³/mol. The molecule has 1 aromatic carbocycles. The predicted octanol–water partition coefficient (Wildman–Crippen LogP) is 3.04. The molecular weight excluding hydrogens is 214 g/mol. The molecular formula is C9H9ClF2O2. The van der Waals surface area contributed by atoms with Gasteiger partial charge in [0.15, 0.2) is 11.5 Å². The standard InChI is InChI=1S/C9H9ClF2O2/c1-13-8-4-6(5-10)2-3-7(8)14-9(11)12/h2-4,9H,5H2,1H3. The van der Waals surface area contributed by atoms with Gasteiger partial charge in [0.05, 0.1) is 7.11 Å². The number of alkyl halides is 3. The number of ether oxygens (including phenoxy) is 2. The van der Waals surface area contributed by atoms with Crippen LogP contribution < -0.4 is 9.47 Å². The Kier molecular flexibility index (Phi) is 3.95. The summed E-state index contributed by atoms with van der Waals surface area (Å²) in [5, 5.41) is 0. The molecule has 78 valence electrons. The fraction of sp³-hybridized carbons (Fsp3) is 0.333. The molecule has 0 aromatic heterocycles. The average Bonchev–Trinajstić information content (AvgIpc) is 2.17. The van der Waals surface area contributed by atoms with Gasteiger partial charge in [0.2, 0.25) is 0 Å². The van der Waals surface area contributed by atoms with Gasteiger partial charge in [-0.1, -0.05) is 6.07 Å². The first-order valence-corrected chi connectivity index (χ1v) is 4.38. The lowest BCUT2D eigenvalue weighted by Gasteiger charge is -2.10. The monoisotopic (exact) mass is 222 g/mol. The number of benzene rings is 1. The number of halogens is 3. The molecule has 0 unspecified atom stereocenters. The molecule has 2 nitrogen and oxygen atoms in total. The summed E-state index contributed by atoms with van der Waals surface area (Å²) in [6.07, 6.45) is 0. The smallest absolute Gasteiger partial charge is 0.387 e. The SMILES string of the molecule is COc1cc(CCl)ccc1OC(F)F. The molecule has 0 saturated carbocycles. The first-order chi connectivity index (χ1) is 6.67. The highest BCUT2D eigenvalue weighted by Crippen LogP contribution is 2.29. The van der Waals surface area contributed by atoms with Crippen molar-refractivity contribution < 1.29 is 18.3 Å². The molecule has 0 spiro atoms. The molecule has 1 aromatic rings. The Morgan fingerprint density at radius 1 is 1.36 bits per heavy atom. The second kappa shape index (κ2) is 5.00. The minimum atomic E-state index is -2.86. The van der Waals surface area contributed by atoms with E-state index in [9.17, 15) is 8.78 Å². The van der Waals surface area contributed by atoms with Crippen LogP contribution in [0.3, 0.4) is 0 Å². The van der Waals surface area contributed by atoms with Crippen LogP contribution in [0.1, 0.15) is 5.56 Å². The van der Waals surface area contributed by atoms with E-state index in [2.05, 4.69) is 4.74 Å². The maximum atomic E-state index is 11.9. The maximum Gasteiger partial charge on any atom is 0.387 e. The van der Waals surface area contributed by atoms with Crippen LogP contribution in [0.25, 0.3) is 0 Å². The number of methoxy groups -OCH3 is 1.